The van der Waals surface area contributed by atoms with Gasteiger partial charge in [-0.25, -0.2) is 4.79 Å². The fourth-order valence-electron chi connectivity index (χ4n) is 3.02. The number of carbonyl (C=O) groups is 1. The first-order valence-corrected chi connectivity index (χ1v) is 9.01. The van der Waals surface area contributed by atoms with Gasteiger partial charge in [-0.2, -0.15) is 0 Å². The number of pyridine rings is 1. The van der Waals surface area contributed by atoms with E-state index in [2.05, 4.69) is 22.1 Å². The third-order valence-corrected chi connectivity index (χ3v) is 4.05. The number of morpholine rings is 1. The van der Waals surface area contributed by atoms with E-state index < -0.39 is 5.60 Å². The standard InChI is InChI=1S/C19H31N3O3/c1-15-13-22(9-10-24-15)14-17(11-16-5-7-20-8-6-16)12-21-18(23)25-19(2,3)4/h5-8,15,17H,9-14H2,1-4H3,(H,21,23). The monoisotopic (exact) mass is 349 g/mol. The van der Waals surface area contributed by atoms with Crippen molar-refractivity contribution in [3.8, 4) is 0 Å². The number of ether oxygens (including phenoxy) is 2. The predicted molar refractivity (Wildman–Crippen MR) is 97.5 cm³/mol. The molecule has 25 heavy (non-hydrogen) atoms. The van der Waals surface area contributed by atoms with Crippen molar-refractivity contribution >= 4 is 6.09 Å². The highest BCUT2D eigenvalue weighted by molar-refractivity contribution is 5.67. The second-order valence-electron chi connectivity index (χ2n) is 7.75. The van der Waals surface area contributed by atoms with Gasteiger partial charge in [0.05, 0.1) is 12.7 Å². The number of nitrogens with one attached hydrogen (secondary N) is 1. The normalized spacial score (nSPS) is 20.1. The third-order valence-electron chi connectivity index (χ3n) is 4.05. The van der Waals surface area contributed by atoms with Crippen LogP contribution in [0.15, 0.2) is 24.5 Å². The van der Waals surface area contributed by atoms with Gasteiger partial charge in [-0.05, 0) is 57.7 Å². The fourth-order valence-corrected chi connectivity index (χ4v) is 3.02. The Morgan fingerprint density at radius 1 is 1.44 bits per heavy atom. The van der Waals surface area contributed by atoms with Crippen molar-refractivity contribution < 1.29 is 14.3 Å². The summed E-state index contributed by atoms with van der Waals surface area (Å²) in [7, 11) is 0. The van der Waals surface area contributed by atoms with Crippen LogP contribution in [0.1, 0.15) is 33.3 Å². The number of carbonyl (C=O) groups excluding carboxylic acids is 1. The lowest BCUT2D eigenvalue weighted by Crippen LogP contribution is -2.46. The first-order valence-electron chi connectivity index (χ1n) is 9.01. The van der Waals surface area contributed by atoms with E-state index in [0.29, 0.717) is 12.5 Å². The largest absolute Gasteiger partial charge is 0.444 e. The molecule has 2 atom stereocenters. The summed E-state index contributed by atoms with van der Waals surface area (Å²) >= 11 is 0. The average molecular weight is 349 g/mol. The molecule has 1 fully saturated rings. The Morgan fingerprint density at radius 3 is 2.80 bits per heavy atom. The minimum atomic E-state index is -0.482. The summed E-state index contributed by atoms with van der Waals surface area (Å²) in [6.07, 6.45) is 4.41. The summed E-state index contributed by atoms with van der Waals surface area (Å²) < 4.78 is 11.0. The van der Waals surface area contributed by atoms with Crippen LogP contribution in [-0.2, 0) is 15.9 Å². The third kappa shape index (κ3) is 7.84. The van der Waals surface area contributed by atoms with Gasteiger partial charge in [0.25, 0.3) is 0 Å². The molecule has 0 aromatic carbocycles. The second-order valence-corrected chi connectivity index (χ2v) is 7.75. The van der Waals surface area contributed by atoms with Crippen molar-refractivity contribution in [1.82, 2.24) is 15.2 Å². The molecule has 0 aliphatic carbocycles. The van der Waals surface area contributed by atoms with Crippen LogP contribution in [0.5, 0.6) is 0 Å². The molecule has 1 aliphatic rings. The molecule has 6 heteroatoms. The predicted octanol–water partition coefficient (Wildman–Crippen LogP) is 2.49. The molecule has 1 aliphatic heterocycles. The SMILES string of the molecule is CC1CN(CC(CNC(=O)OC(C)(C)C)Cc2ccncc2)CCO1. The van der Waals surface area contributed by atoms with Crippen LogP contribution < -0.4 is 5.32 Å². The van der Waals surface area contributed by atoms with Gasteiger partial charge < -0.3 is 14.8 Å². The van der Waals surface area contributed by atoms with Crippen LogP contribution in [-0.4, -0.2) is 60.5 Å². The van der Waals surface area contributed by atoms with Crippen LogP contribution in [0.2, 0.25) is 0 Å². The van der Waals surface area contributed by atoms with E-state index in [-0.39, 0.29) is 12.2 Å². The summed E-state index contributed by atoms with van der Waals surface area (Å²) in [5, 5.41) is 2.93. The Kier molecular flexibility index (Phi) is 7.20. The van der Waals surface area contributed by atoms with Crippen molar-refractivity contribution in [3.63, 3.8) is 0 Å². The lowest BCUT2D eigenvalue weighted by molar-refractivity contribution is -0.0231. The first-order chi connectivity index (χ1) is 11.8. The molecular weight excluding hydrogens is 318 g/mol. The van der Waals surface area contributed by atoms with E-state index in [1.165, 1.54) is 5.56 Å². The molecule has 0 radical (unpaired) electrons. The van der Waals surface area contributed by atoms with Gasteiger partial charge >= 0.3 is 6.09 Å². The van der Waals surface area contributed by atoms with E-state index >= 15 is 0 Å². The molecule has 2 rings (SSSR count). The van der Waals surface area contributed by atoms with Gasteiger partial charge in [-0.15, -0.1) is 0 Å². The number of alkyl carbamates (subject to hydrolysis) is 1. The molecule has 2 heterocycles. The summed E-state index contributed by atoms with van der Waals surface area (Å²) in [6.45, 7) is 11.9. The summed E-state index contributed by atoms with van der Waals surface area (Å²) in [4.78, 5) is 18.5. The molecule has 1 N–H and O–H groups in total. The number of amides is 1. The molecule has 0 spiro atoms. The maximum atomic E-state index is 12.0. The van der Waals surface area contributed by atoms with Crippen LogP contribution in [0.25, 0.3) is 0 Å². The molecule has 1 aromatic rings. The quantitative estimate of drug-likeness (QED) is 0.855. The first kappa shape index (κ1) is 19.7. The Bertz CT molecular complexity index is 530. The van der Waals surface area contributed by atoms with Crippen LogP contribution >= 0.6 is 0 Å². The van der Waals surface area contributed by atoms with Crippen molar-refractivity contribution in [2.45, 2.75) is 45.8 Å². The van der Waals surface area contributed by atoms with Gasteiger partial charge in [0.15, 0.2) is 0 Å². The number of nitrogens with zero attached hydrogens (tertiary/aromatic N) is 2. The topological polar surface area (TPSA) is 63.7 Å². The maximum Gasteiger partial charge on any atom is 0.407 e. The number of hydrogen-bond acceptors (Lipinski definition) is 5. The van der Waals surface area contributed by atoms with Crippen LogP contribution in [0.3, 0.4) is 0 Å². The highest BCUT2D eigenvalue weighted by Crippen LogP contribution is 2.13. The van der Waals surface area contributed by atoms with Gasteiger partial charge in [0, 0.05) is 38.6 Å². The molecule has 0 saturated carbocycles. The highest BCUT2D eigenvalue weighted by Gasteiger charge is 2.22. The van der Waals surface area contributed by atoms with Gasteiger partial charge in [-0.3, -0.25) is 9.88 Å². The van der Waals surface area contributed by atoms with Gasteiger partial charge in [0.2, 0.25) is 0 Å². The Labute approximate surface area is 150 Å². The molecule has 0 bridgehead atoms. The molecule has 1 aromatic heterocycles. The zero-order valence-corrected chi connectivity index (χ0v) is 15.8. The highest BCUT2D eigenvalue weighted by atomic mass is 16.6. The van der Waals surface area contributed by atoms with Gasteiger partial charge in [-0.1, -0.05) is 0 Å². The molecule has 2 unspecified atom stereocenters. The summed E-state index contributed by atoms with van der Waals surface area (Å²) in [6, 6.07) is 4.06. The van der Waals surface area contributed by atoms with Crippen LogP contribution in [0, 0.1) is 5.92 Å². The molecule has 140 valence electrons. The number of rotatable bonds is 6. The van der Waals surface area contributed by atoms with Crippen molar-refractivity contribution in [1.29, 1.82) is 0 Å². The Morgan fingerprint density at radius 2 is 2.16 bits per heavy atom. The van der Waals surface area contributed by atoms with E-state index in [1.54, 1.807) is 0 Å². The van der Waals surface area contributed by atoms with E-state index in [4.69, 9.17) is 9.47 Å². The maximum absolute atomic E-state index is 12.0. The van der Waals surface area contributed by atoms with Crippen LogP contribution in [0.4, 0.5) is 4.79 Å². The lowest BCUT2D eigenvalue weighted by atomic mass is 9.99. The number of aromatic nitrogens is 1. The molecule has 1 amide bonds. The second kappa shape index (κ2) is 9.15. The smallest absolute Gasteiger partial charge is 0.407 e. The molecule has 6 nitrogen and oxygen atoms in total. The fraction of sp³-hybridized carbons (Fsp3) is 0.684. The summed E-state index contributed by atoms with van der Waals surface area (Å²) in [5.41, 5.74) is 0.747. The zero-order chi connectivity index (χ0) is 18.3. The van der Waals surface area contributed by atoms with E-state index in [1.807, 2.05) is 45.3 Å². The van der Waals surface area contributed by atoms with E-state index in [9.17, 15) is 4.79 Å². The van der Waals surface area contributed by atoms with Gasteiger partial charge in [0.1, 0.15) is 5.60 Å². The Hall–Kier alpha value is -1.66. The number of hydrogen-bond donors (Lipinski definition) is 1. The minimum Gasteiger partial charge on any atom is -0.444 e. The molecular formula is C19H31N3O3. The van der Waals surface area contributed by atoms with E-state index in [0.717, 1.165) is 32.7 Å². The minimum absolute atomic E-state index is 0.258. The van der Waals surface area contributed by atoms with Crippen molar-refractivity contribution in [3.05, 3.63) is 30.1 Å². The van der Waals surface area contributed by atoms with Crippen molar-refractivity contribution in [2.75, 3.05) is 32.8 Å². The zero-order valence-electron chi connectivity index (χ0n) is 15.8. The summed E-state index contributed by atoms with van der Waals surface area (Å²) in [5.74, 6) is 0.306. The van der Waals surface area contributed by atoms with Crippen molar-refractivity contribution in [2.24, 2.45) is 5.92 Å². The lowest BCUT2D eigenvalue weighted by Gasteiger charge is -2.34. The Balaban J connectivity index is 1.92. The average Bonchev–Trinajstić information content (AvgIpc) is 2.52. The molecule has 1 saturated heterocycles.